The van der Waals surface area contributed by atoms with E-state index >= 15 is 0 Å². The molecule has 1 heterocycles. The van der Waals surface area contributed by atoms with Gasteiger partial charge in [0.2, 0.25) is 0 Å². The van der Waals surface area contributed by atoms with Crippen LogP contribution in [0.4, 0.5) is 0 Å². The van der Waals surface area contributed by atoms with Crippen LogP contribution in [0.5, 0.6) is 0 Å². The van der Waals surface area contributed by atoms with Crippen LogP contribution >= 0.6 is 0 Å². The highest BCUT2D eigenvalue weighted by atomic mass is 16.7. The molecule has 0 spiro atoms. The molecule has 0 unspecified atom stereocenters. The number of esters is 3. The van der Waals surface area contributed by atoms with Crippen molar-refractivity contribution in [1.82, 2.24) is 0 Å². The van der Waals surface area contributed by atoms with Gasteiger partial charge in [-0.15, -0.1) is 0 Å². The van der Waals surface area contributed by atoms with E-state index in [2.05, 4.69) is 0 Å². The van der Waals surface area contributed by atoms with Gasteiger partial charge < -0.3 is 14.2 Å². The Morgan fingerprint density at radius 3 is 2.29 bits per heavy atom. The van der Waals surface area contributed by atoms with Crippen molar-refractivity contribution in [3.8, 4) is 0 Å². The van der Waals surface area contributed by atoms with Crippen molar-refractivity contribution in [2.75, 3.05) is 0 Å². The van der Waals surface area contributed by atoms with Crippen molar-refractivity contribution < 1.29 is 28.6 Å². The summed E-state index contributed by atoms with van der Waals surface area (Å²) in [6.07, 6.45) is 0.867. The molecule has 2 fully saturated rings. The minimum absolute atomic E-state index is 0.225. The highest BCUT2D eigenvalue weighted by Gasteiger charge is 2.52. The number of cyclic esters (lactones) is 2. The third kappa shape index (κ3) is 3.42. The molecular weight excluding hydrogens is 312 g/mol. The minimum atomic E-state index is -1.22. The lowest BCUT2D eigenvalue weighted by Crippen LogP contribution is -2.51. The number of ether oxygens (including phenoxy) is 3. The molecule has 24 heavy (non-hydrogen) atoms. The van der Waals surface area contributed by atoms with E-state index in [9.17, 15) is 14.4 Å². The predicted molar refractivity (Wildman–Crippen MR) is 82.2 cm³/mol. The Kier molecular flexibility index (Phi) is 4.30. The standard InChI is InChI=1S/C18H20O6/c1-18(2)23-16(20)14(17(21)24-18)12-8-13(9-12)15(19)22-10-11-6-4-3-5-7-11/h3-7,12-14H,8-10H2,1-2H3. The van der Waals surface area contributed by atoms with Crippen LogP contribution in [0, 0.1) is 17.8 Å². The highest BCUT2D eigenvalue weighted by molar-refractivity contribution is 5.97. The molecule has 0 bridgehead atoms. The molecule has 1 aliphatic carbocycles. The second kappa shape index (κ2) is 6.26. The first-order valence-electron chi connectivity index (χ1n) is 8.02. The van der Waals surface area contributed by atoms with Crippen molar-refractivity contribution in [2.45, 2.75) is 39.1 Å². The first-order valence-corrected chi connectivity index (χ1v) is 8.02. The summed E-state index contributed by atoms with van der Waals surface area (Å²) in [6.45, 7) is 3.26. The van der Waals surface area contributed by atoms with Crippen molar-refractivity contribution >= 4 is 17.9 Å². The predicted octanol–water partition coefficient (Wildman–Crippen LogP) is 2.21. The highest BCUT2D eigenvalue weighted by Crippen LogP contribution is 2.43. The zero-order valence-electron chi connectivity index (χ0n) is 13.7. The molecule has 0 radical (unpaired) electrons. The van der Waals surface area contributed by atoms with Gasteiger partial charge in [-0.2, -0.15) is 0 Å². The zero-order chi connectivity index (χ0) is 17.3. The molecule has 1 saturated heterocycles. The molecule has 1 aromatic carbocycles. The Bertz CT molecular complexity index is 625. The van der Waals surface area contributed by atoms with E-state index in [4.69, 9.17) is 14.2 Å². The molecule has 0 amide bonds. The van der Waals surface area contributed by atoms with Gasteiger partial charge >= 0.3 is 17.9 Å². The fourth-order valence-corrected chi connectivity index (χ4v) is 3.09. The number of benzene rings is 1. The van der Waals surface area contributed by atoms with Crippen molar-refractivity contribution in [3.63, 3.8) is 0 Å². The van der Waals surface area contributed by atoms with Gasteiger partial charge in [-0.1, -0.05) is 30.3 Å². The van der Waals surface area contributed by atoms with Crippen LogP contribution in [0.2, 0.25) is 0 Å². The topological polar surface area (TPSA) is 78.9 Å². The van der Waals surface area contributed by atoms with E-state index in [-0.39, 0.29) is 24.4 Å². The molecule has 6 nitrogen and oxygen atoms in total. The quantitative estimate of drug-likeness (QED) is 0.621. The Morgan fingerprint density at radius 2 is 1.71 bits per heavy atom. The average Bonchev–Trinajstić information content (AvgIpc) is 2.46. The van der Waals surface area contributed by atoms with Crippen LogP contribution in [0.15, 0.2) is 30.3 Å². The molecule has 128 valence electrons. The third-order valence-corrected chi connectivity index (χ3v) is 4.40. The van der Waals surface area contributed by atoms with E-state index in [1.165, 1.54) is 13.8 Å². The summed E-state index contributed by atoms with van der Waals surface area (Å²) in [6, 6.07) is 9.42. The van der Waals surface area contributed by atoms with E-state index in [1.807, 2.05) is 30.3 Å². The molecule has 1 saturated carbocycles. The number of rotatable bonds is 4. The molecule has 3 rings (SSSR count). The van der Waals surface area contributed by atoms with Gasteiger partial charge in [-0.25, -0.2) is 0 Å². The van der Waals surface area contributed by atoms with Crippen LogP contribution in [0.25, 0.3) is 0 Å². The van der Waals surface area contributed by atoms with Gasteiger partial charge in [0.15, 0.2) is 5.92 Å². The van der Waals surface area contributed by atoms with Crippen molar-refractivity contribution in [1.29, 1.82) is 0 Å². The largest absolute Gasteiger partial charge is 0.461 e. The normalized spacial score (nSPS) is 26.1. The lowest BCUT2D eigenvalue weighted by Gasteiger charge is -2.41. The number of hydrogen-bond donors (Lipinski definition) is 0. The molecule has 6 heteroatoms. The lowest BCUT2D eigenvalue weighted by molar-refractivity contribution is -0.245. The molecule has 0 atom stereocenters. The Morgan fingerprint density at radius 1 is 1.12 bits per heavy atom. The monoisotopic (exact) mass is 332 g/mol. The van der Waals surface area contributed by atoms with Gasteiger partial charge in [0, 0.05) is 13.8 Å². The van der Waals surface area contributed by atoms with E-state index < -0.39 is 23.6 Å². The first-order chi connectivity index (χ1) is 11.4. The van der Waals surface area contributed by atoms with Gasteiger partial charge in [-0.3, -0.25) is 14.4 Å². The lowest BCUT2D eigenvalue weighted by atomic mass is 9.68. The Labute approximate surface area is 140 Å². The fourth-order valence-electron chi connectivity index (χ4n) is 3.09. The summed E-state index contributed by atoms with van der Waals surface area (Å²) in [7, 11) is 0. The van der Waals surface area contributed by atoms with E-state index in [0.29, 0.717) is 12.8 Å². The van der Waals surface area contributed by atoms with Gasteiger partial charge in [-0.05, 0) is 24.3 Å². The summed E-state index contributed by atoms with van der Waals surface area (Å²) in [4.78, 5) is 36.0. The van der Waals surface area contributed by atoms with Gasteiger partial charge in [0.1, 0.15) is 6.61 Å². The minimum Gasteiger partial charge on any atom is -0.461 e. The fraction of sp³-hybridized carbons (Fsp3) is 0.500. The maximum Gasteiger partial charge on any atom is 0.323 e. The van der Waals surface area contributed by atoms with Crippen molar-refractivity contribution in [3.05, 3.63) is 35.9 Å². The molecule has 0 N–H and O–H groups in total. The summed E-state index contributed by atoms with van der Waals surface area (Å²) < 4.78 is 15.5. The van der Waals surface area contributed by atoms with Crippen LogP contribution in [0.3, 0.4) is 0 Å². The summed E-state index contributed by atoms with van der Waals surface area (Å²) in [5.74, 6) is -4.11. The van der Waals surface area contributed by atoms with Crippen molar-refractivity contribution in [2.24, 2.45) is 17.8 Å². The maximum atomic E-state index is 12.0. The molecular formula is C18H20O6. The van der Waals surface area contributed by atoms with E-state index in [0.717, 1.165) is 5.56 Å². The van der Waals surface area contributed by atoms with Gasteiger partial charge in [0.05, 0.1) is 5.92 Å². The van der Waals surface area contributed by atoms with E-state index in [1.54, 1.807) is 0 Å². The second-order valence-corrected chi connectivity index (χ2v) is 6.74. The SMILES string of the molecule is CC1(C)OC(=O)C(C2CC(C(=O)OCc3ccccc3)C2)C(=O)O1. The summed E-state index contributed by atoms with van der Waals surface area (Å²) >= 11 is 0. The van der Waals surface area contributed by atoms with Crippen LogP contribution in [-0.2, 0) is 35.2 Å². The third-order valence-electron chi connectivity index (χ3n) is 4.40. The molecule has 2 aliphatic rings. The van der Waals surface area contributed by atoms with Crippen LogP contribution < -0.4 is 0 Å². The van der Waals surface area contributed by atoms with Crippen LogP contribution in [0.1, 0.15) is 32.3 Å². The molecule has 0 aromatic heterocycles. The molecule has 1 aromatic rings. The average molecular weight is 332 g/mol. The Hall–Kier alpha value is -2.37. The zero-order valence-corrected chi connectivity index (χ0v) is 13.7. The maximum absolute atomic E-state index is 12.0. The van der Waals surface area contributed by atoms with Gasteiger partial charge in [0.25, 0.3) is 5.79 Å². The molecule has 1 aliphatic heterocycles. The number of carbonyl (C=O) groups excluding carboxylic acids is 3. The summed E-state index contributed by atoms with van der Waals surface area (Å²) in [5.41, 5.74) is 0.920. The van der Waals surface area contributed by atoms with Crippen LogP contribution in [-0.4, -0.2) is 23.7 Å². The Balaban J connectivity index is 1.49. The second-order valence-electron chi connectivity index (χ2n) is 6.74. The number of hydrogen-bond acceptors (Lipinski definition) is 6. The summed E-state index contributed by atoms with van der Waals surface area (Å²) in [5, 5.41) is 0. The number of carbonyl (C=O) groups is 3. The smallest absolute Gasteiger partial charge is 0.323 e. The first kappa shape index (κ1) is 16.5.